The van der Waals surface area contributed by atoms with E-state index in [9.17, 15) is 4.79 Å². The molecule has 0 spiro atoms. The average Bonchev–Trinajstić information content (AvgIpc) is 2.96. The van der Waals surface area contributed by atoms with Crippen molar-refractivity contribution in [1.29, 1.82) is 0 Å². The van der Waals surface area contributed by atoms with Gasteiger partial charge in [0.05, 0.1) is 19.8 Å². The van der Waals surface area contributed by atoms with E-state index in [-0.39, 0.29) is 38.5 Å². The van der Waals surface area contributed by atoms with Gasteiger partial charge >= 0.3 is 0 Å². The minimum atomic E-state index is -2.23. The van der Waals surface area contributed by atoms with Crippen LogP contribution in [-0.4, -0.2) is 77.7 Å². The third-order valence-corrected chi connectivity index (χ3v) is 30.9. The van der Waals surface area contributed by atoms with Gasteiger partial charge in [0, 0.05) is 25.2 Å². The first-order valence-electron chi connectivity index (χ1n) is 20.1. The van der Waals surface area contributed by atoms with E-state index in [0.717, 1.165) is 30.4 Å². The van der Waals surface area contributed by atoms with E-state index < -0.39 is 39.4 Å². The van der Waals surface area contributed by atoms with Crippen LogP contribution in [0.2, 0.25) is 72.5 Å². The summed E-state index contributed by atoms with van der Waals surface area (Å²) in [5, 5.41) is 0.0707. The number of hydrogen-bond donors (Lipinski definition) is 0. The number of ether oxygens (including phenoxy) is 2. The summed E-state index contributed by atoms with van der Waals surface area (Å²) in [4.78, 5) is 12.8. The Hall–Kier alpha value is -0.642. The molecule has 1 rings (SSSR count). The molecule has 1 aromatic rings. The van der Waals surface area contributed by atoms with Gasteiger partial charge in [-0.3, -0.25) is 0 Å². The van der Waals surface area contributed by atoms with Crippen LogP contribution >= 0.6 is 0 Å². The van der Waals surface area contributed by atoms with Crippen LogP contribution in [0.1, 0.15) is 114 Å². The normalized spacial score (nSPS) is 16.6. The molecule has 0 amide bonds. The van der Waals surface area contributed by atoms with E-state index in [1.54, 1.807) is 7.11 Å². The molecule has 53 heavy (non-hydrogen) atoms. The zero-order chi connectivity index (χ0) is 41.5. The first kappa shape index (κ1) is 50.4. The molecule has 0 fully saturated rings. The van der Waals surface area contributed by atoms with Gasteiger partial charge in [0.25, 0.3) is 0 Å². The molecule has 0 aliphatic rings. The monoisotopic (exact) mass is 813 g/mol. The molecule has 0 radical (unpaired) electrons. The second-order valence-corrected chi connectivity index (χ2v) is 40.5. The van der Waals surface area contributed by atoms with Gasteiger partial charge in [-0.15, -0.1) is 0 Å². The Kier molecular flexibility index (Phi) is 18.3. The first-order chi connectivity index (χ1) is 23.7. The summed E-state index contributed by atoms with van der Waals surface area (Å²) in [7, 11) is -7.12. The molecule has 0 aliphatic heterocycles. The fourth-order valence-corrected chi connectivity index (χ4v) is 10.5. The van der Waals surface area contributed by atoms with Crippen molar-refractivity contribution in [3.63, 3.8) is 0 Å². The number of carbonyl (C=O) groups excluding carboxylic acids is 1. The lowest BCUT2D eigenvalue weighted by Crippen LogP contribution is -2.50. The lowest BCUT2D eigenvalue weighted by atomic mass is 10.0. The molecule has 0 bridgehead atoms. The van der Waals surface area contributed by atoms with E-state index in [4.69, 9.17) is 27.2 Å². The molecule has 0 aliphatic carbocycles. The molecule has 11 heteroatoms. The maximum atomic E-state index is 12.8. The van der Waals surface area contributed by atoms with Crippen LogP contribution < -0.4 is 4.74 Å². The lowest BCUT2D eigenvalue weighted by molar-refractivity contribution is -0.115. The van der Waals surface area contributed by atoms with Crippen LogP contribution in [0.15, 0.2) is 24.3 Å². The molecule has 0 aromatic heterocycles. The summed E-state index contributed by atoms with van der Waals surface area (Å²) >= 11 is 0. The van der Waals surface area contributed by atoms with E-state index in [1.807, 2.05) is 12.1 Å². The third-order valence-electron chi connectivity index (χ3n) is 12.8. The van der Waals surface area contributed by atoms with E-state index in [1.165, 1.54) is 0 Å². The standard InChI is InChI=1S/C42H84O7Si4/c1-39(2,3)50(14,15)46-35(26-27-45-32-33-22-24-34(44-13)25-23-33)28-36(47-51(16,17)40(4,5)6)29-37(48-52(18,19)41(7,8)9)30-38(31-43)49-53(20,21)42(10,11)12/h22-25,31,35-38H,26-30,32H2,1-21H3/t35-,36+,37-,38+/m1/s1. The Labute approximate surface area is 331 Å². The van der Waals surface area contributed by atoms with Crippen LogP contribution in [0.5, 0.6) is 5.75 Å². The minimum Gasteiger partial charge on any atom is -0.497 e. The second-order valence-electron chi connectivity index (χ2n) is 21.4. The quantitative estimate of drug-likeness (QED) is 0.0695. The van der Waals surface area contributed by atoms with Crippen LogP contribution in [0.4, 0.5) is 0 Å². The highest BCUT2D eigenvalue weighted by Gasteiger charge is 2.45. The maximum absolute atomic E-state index is 12.8. The van der Waals surface area contributed by atoms with Crippen molar-refractivity contribution >= 4 is 39.6 Å². The molecular formula is C42H84O7Si4. The Morgan fingerprint density at radius 2 is 0.906 bits per heavy atom. The van der Waals surface area contributed by atoms with Crippen LogP contribution in [-0.2, 0) is 33.8 Å². The van der Waals surface area contributed by atoms with Crippen molar-refractivity contribution in [2.24, 2.45) is 0 Å². The van der Waals surface area contributed by atoms with Gasteiger partial charge in [0.1, 0.15) is 18.1 Å². The van der Waals surface area contributed by atoms with E-state index in [0.29, 0.717) is 26.1 Å². The summed E-state index contributed by atoms with van der Waals surface area (Å²) < 4.78 is 40.2. The summed E-state index contributed by atoms with van der Waals surface area (Å²) in [5.74, 6) is 0.839. The summed E-state index contributed by atoms with van der Waals surface area (Å²) in [5.41, 5.74) is 1.11. The lowest BCUT2D eigenvalue weighted by Gasteiger charge is -2.45. The SMILES string of the molecule is COc1ccc(COCC[C@H](C[C@@H](C[C@H](C[C@@H](C=O)O[Si](C)(C)C(C)(C)C)O[Si](C)(C)C(C)(C)C)O[Si](C)(C)C(C)(C)C)O[Si](C)(C)C(C)(C)C)cc1. The number of methoxy groups -OCH3 is 1. The van der Waals surface area contributed by atoms with E-state index in [2.05, 4.69) is 148 Å². The molecule has 310 valence electrons. The molecule has 0 heterocycles. The van der Waals surface area contributed by atoms with Gasteiger partial charge in [0.2, 0.25) is 0 Å². The topological polar surface area (TPSA) is 72.5 Å². The van der Waals surface area contributed by atoms with E-state index >= 15 is 0 Å². The number of benzene rings is 1. The predicted molar refractivity (Wildman–Crippen MR) is 235 cm³/mol. The van der Waals surface area contributed by atoms with Crippen molar-refractivity contribution in [3.05, 3.63) is 29.8 Å². The van der Waals surface area contributed by atoms with Crippen molar-refractivity contribution in [1.82, 2.24) is 0 Å². The third kappa shape index (κ3) is 16.0. The zero-order valence-corrected chi connectivity index (χ0v) is 42.3. The largest absolute Gasteiger partial charge is 0.497 e. The highest BCUT2D eigenvalue weighted by atomic mass is 28.4. The van der Waals surface area contributed by atoms with Gasteiger partial charge in [-0.1, -0.05) is 95.2 Å². The molecule has 0 unspecified atom stereocenters. The molecular weight excluding hydrogens is 729 g/mol. The average molecular weight is 813 g/mol. The van der Waals surface area contributed by atoms with Gasteiger partial charge < -0.3 is 32.0 Å². The molecule has 0 N–H and O–H groups in total. The summed E-state index contributed by atoms with van der Waals surface area (Å²) in [6, 6.07) is 8.05. The Balaban J connectivity index is 3.60. The van der Waals surface area contributed by atoms with Gasteiger partial charge in [-0.25, -0.2) is 0 Å². The minimum absolute atomic E-state index is 0.00714. The number of aldehydes is 1. The zero-order valence-electron chi connectivity index (χ0n) is 38.3. The van der Waals surface area contributed by atoms with Crippen LogP contribution in [0, 0.1) is 0 Å². The maximum Gasteiger partial charge on any atom is 0.193 e. The Morgan fingerprint density at radius 1 is 0.547 bits per heavy atom. The molecule has 0 saturated carbocycles. The Bertz CT molecular complexity index is 1240. The fourth-order valence-electron chi connectivity index (χ4n) is 5.05. The number of carbonyl (C=O) groups is 1. The van der Waals surface area contributed by atoms with Crippen molar-refractivity contribution < 1.29 is 32.0 Å². The molecule has 1 aromatic carbocycles. The van der Waals surface area contributed by atoms with Crippen molar-refractivity contribution in [2.45, 2.75) is 212 Å². The summed E-state index contributed by atoms with van der Waals surface area (Å²) in [6.45, 7) is 46.8. The second kappa shape index (κ2) is 19.2. The smallest absolute Gasteiger partial charge is 0.193 e. The number of rotatable bonds is 21. The molecule has 7 nitrogen and oxygen atoms in total. The van der Waals surface area contributed by atoms with Crippen molar-refractivity contribution in [3.8, 4) is 5.75 Å². The van der Waals surface area contributed by atoms with Crippen LogP contribution in [0.3, 0.4) is 0 Å². The fraction of sp³-hybridized carbons (Fsp3) is 0.833. The highest BCUT2D eigenvalue weighted by Crippen LogP contribution is 2.43. The van der Waals surface area contributed by atoms with Gasteiger partial charge in [-0.2, -0.15) is 0 Å². The number of hydrogen-bond acceptors (Lipinski definition) is 7. The predicted octanol–water partition coefficient (Wildman–Crippen LogP) is 12.5. The molecule has 0 saturated heterocycles. The molecule has 4 atom stereocenters. The van der Waals surface area contributed by atoms with Crippen LogP contribution in [0.25, 0.3) is 0 Å². The van der Waals surface area contributed by atoms with Gasteiger partial charge in [-0.05, 0) is 109 Å². The van der Waals surface area contributed by atoms with Crippen molar-refractivity contribution in [2.75, 3.05) is 13.7 Å². The Morgan fingerprint density at radius 3 is 1.28 bits per heavy atom. The summed E-state index contributed by atoms with van der Waals surface area (Å²) in [6.07, 6.45) is 2.77. The highest BCUT2D eigenvalue weighted by molar-refractivity contribution is 6.75. The van der Waals surface area contributed by atoms with Gasteiger partial charge in [0.15, 0.2) is 33.3 Å². The first-order valence-corrected chi connectivity index (χ1v) is 31.7.